The number of nitrogens with one attached hydrogen (secondary N) is 3. The van der Waals surface area contributed by atoms with Crippen LogP contribution >= 0.6 is 0 Å². The summed E-state index contributed by atoms with van der Waals surface area (Å²) in [6, 6.07) is -2.82. The van der Waals surface area contributed by atoms with Crippen molar-refractivity contribution >= 4 is 17.8 Å². The van der Waals surface area contributed by atoms with E-state index in [1.54, 1.807) is 6.20 Å². The third-order valence-corrected chi connectivity index (χ3v) is 3.38. The van der Waals surface area contributed by atoms with Crippen molar-refractivity contribution < 1.29 is 19.5 Å². The van der Waals surface area contributed by atoms with Crippen LogP contribution in [0.15, 0.2) is 12.5 Å². The number of aliphatic carboxylic acids is 1. The second-order valence-electron chi connectivity index (χ2n) is 5.43. The predicted octanol–water partition coefficient (Wildman–Crippen LogP) is -1.91. The van der Waals surface area contributed by atoms with Gasteiger partial charge in [0.1, 0.15) is 12.1 Å². The minimum atomic E-state index is -1.15. The molecule has 2 amide bonds. The van der Waals surface area contributed by atoms with Gasteiger partial charge in [-0.3, -0.25) is 9.59 Å². The van der Waals surface area contributed by atoms with E-state index in [4.69, 9.17) is 16.6 Å². The van der Waals surface area contributed by atoms with Crippen LogP contribution in [-0.4, -0.2) is 57.5 Å². The Labute approximate surface area is 139 Å². The van der Waals surface area contributed by atoms with Gasteiger partial charge in [0.25, 0.3) is 0 Å². The quantitative estimate of drug-likeness (QED) is 0.288. The summed E-state index contributed by atoms with van der Waals surface area (Å²) >= 11 is 0. The van der Waals surface area contributed by atoms with Crippen molar-refractivity contribution in [2.75, 3.05) is 6.54 Å². The van der Waals surface area contributed by atoms with Crippen LogP contribution in [0.2, 0.25) is 0 Å². The highest BCUT2D eigenvalue weighted by molar-refractivity contribution is 5.91. The Morgan fingerprint density at radius 3 is 2.58 bits per heavy atom. The maximum atomic E-state index is 12.0. The smallest absolute Gasteiger partial charge is 0.326 e. The van der Waals surface area contributed by atoms with Crippen LogP contribution in [0.4, 0.5) is 0 Å². The number of rotatable bonds is 10. The van der Waals surface area contributed by atoms with E-state index in [-0.39, 0.29) is 12.8 Å². The van der Waals surface area contributed by atoms with Gasteiger partial charge in [-0.1, -0.05) is 0 Å². The number of aromatic nitrogens is 2. The monoisotopic (exact) mass is 340 g/mol. The molecule has 10 nitrogen and oxygen atoms in total. The van der Waals surface area contributed by atoms with E-state index < -0.39 is 35.9 Å². The number of hydrogen-bond acceptors (Lipinski definition) is 6. The van der Waals surface area contributed by atoms with Crippen molar-refractivity contribution in [2.24, 2.45) is 11.5 Å². The molecule has 1 aromatic rings. The lowest BCUT2D eigenvalue weighted by Gasteiger charge is -2.20. The van der Waals surface area contributed by atoms with Crippen molar-refractivity contribution in [2.45, 2.75) is 44.3 Å². The number of carbonyl (C=O) groups excluding carboxylic acids is 2. The van der Waals surface area contributed by atoms with Crippen LogP contribution in [-0.2, 0) is 20.8 Å². The Balaban J connectivity index is 2.49. The number of nitrogens with zero attached hydrogens (tertiary/aromatic N) is 1. The first-order chi connectivity index (χ1) is 11.3. The zero-order valence-corrected chi connectivity index (χ0v) is 13.5. The first-order valence-corrected chi connectivity index (χ1v) is 7.62. The Kier molecular flexibility index (Phi) is 7.86. The minimum Gasteiger partial charge on any atom is -0.480 e. The van der Waals surface area contributed by atoms with Gasteiger partial charge in [0.2, 0.25) is 11.8 Å². The normalized spacial score (nSPS) is 14.5. The molecule has 1 rings (SSSR count). The molecule has 0 aromatic carbocycles. The molecule has 0 bridgehead atoms. The highest BCUT2D eigenvalue weighted by Gasteiger charge is 2.25. The lowest BCUT2D eigenvalue weighted by Crippen LogP contribution is -2.53. The van der Waals surface area contributed by atoms with E-state index in [1.807, 2.05) is 0 Å². The average molecular weight is 340 g/mol. The van der Waals surface area contributed by atoms with Crippen molar-refractivity contribution in [3.05, 3.63) is 18.2 Å². The third kappa shape index (κ3) is 6.34. The van der Waals surface area contributed by atoms with Crippen LogP contribution in [0.25, 0.3) is 0 Å². The first-order valence-electron chi connectivity index (χ1n) is 7.62. The molecule has 0 aliphatic rings. The number of hydrogen-bond donors (Lipinski definition) is 6. The molecule has 10 heteroatoms. The fraction of sp³-hybridized carbons (Fsp3) is 0.571. The number of carbonyl (C=O) groups is 3. The first kappa shape index (κ1) is 19.6. The van der Waals surface area contributed by atoms with Gasteiger partial charge in [-0.05, 0) is 26.3 Å². The number of amides is 2. The molecule has 24 heavy (non-hydrogen) atoms. The van der Waals surface area contributed by atoms with Crippen molar-refractivity contribution in [1.29, 1.82) is 0 Å². The van der Waals surface area contributed by atoms with E-state index in [2.05, 4.69) is 20.6 Å². The van der Waals surface area contributed by atoms with E-state index in [1.165, 1.54) is 13.3 Å². The van der Waals surface area contributed by atoms with Crippen molar-refractivity contribution in [3.8, 4) is 0 Å². The molecular formula is C14H24N6O4. The molecule has 3 atom stereocenters. The molecule has 0 aliphatic carbocycles. The standard InChI is InChI=1S/C14H24N6O4/c1-8(12(21)20-11(14(23)24)3-2-4-15)19-13(22)10(16)5-9-6-17-7-18-9/h6-8,10-11H,2-5,15-16H2,1H3,(H,17,18)(H,19,22)(H,20,21)(H,23,24)/t8-,10-,11-/m0/s1. The van der Waals surface area contributed by atoms with Crippen LogP contribution in [0, 0.1) is 0 Å². The molecular weight excluding hydrogens is 316 g/mol. The molecule has 0 saturated heterocycles. The fourth-order valence-electron chi connectivity index (χ4n) is 1.98. The summed E-state index contributed by atoms with van der Waals surface area (Å²) in [6.45, 7) is 1.78. The van der Waals surface area contributed by atoms with Gasteiger partial charge in [-0.15, -0.1) is 0 Å². The topological polar surface area (TPSA) is 176 Å². The third-order valence-electron chi connectivity index (χ3n) is 3.38. The van der Waals surface area contributed by atoms with Gasteiger partial charge in [-0.25, -0.2) is 9.78 Å². The molecule has 0 spiro atoms. The van der Waals surface area contributed by atoms with E-state index in [0.717, 1.165) is 0 Å². The van der Waals surface area contributed by atoms with Crippen LogP contribution in [0.3, 0.4) is 0 Å². The van der Waals surface area contributed by atoms with Gasteiger partial charge in [0, 0.05) is 12.6 Å². The lowest BCUT2D eigenvalue weighted by molar-refractivity contribution is -0.142. The number of aromatic amines is 1. The SMILES string of the molecule is C[C@H](NC(=O)[C@@H](N)Cc1c[nH]cn1)C(=O)N[C@@H](CCCN)C(=O)O. The van der Waals surface area contributed by atoms with Gasteiger partial charge < -0.3 is 32.2 Å². The maximum absolute atomic E-state index is 12.0. The Morgan fingerprint density at radius 2 is 2.04 bits per heavy atom. The number of nitrogens with two attached hydrogens (primary N) is 2. The van der Waals surface area contributed by atoms with Gasteiger partial charge >= 0.3 is 5.97 Å². The van der Waals surface area contributed by atoms with E-state index >= 15 is 0 Å². The largest absolute Gasteiger partial charge is 0.480 e. The summed E-state index contributed by atoms with van der Waals surface area (Å²) in [5.74, 6) is -2.26. The van der Waals surface area contributed by atoms with Crippen LogP contribution < -0.4 is 22.1 Å². The summed E-state index contributed by atoms with van der Waals surface area (Å²) < 4.78 is 0. The highest BCUT2D eigenvalue weighted by atomic mass is 16.4. The Hall–Kier alpha value is -2.46. The Bertz CT molecular complexity index is 547. The molecule has 134 valence electrons. The molecule has 8 N–H and O–H groups in total. The maximum Gasteiger partial charge on any atom is 0.326 e. The fourth-order valence-corrected chi connectivity index (χ4v) is 1.98. The summed E-state index contributed by atoms with van der Waals surface area (Å²) in [6.07, 6.45) is 4.00. The summed E-state index contributed by atoms with van der Waals surface area (Å²) in [5, 5.41) is 13.9. The molecule has 0 fully saturated rings. The van der Waals surface area contributed by atoms with Crippen LogP contribution in [0.5, 0.6) is 0 Å². The number of H-pyrrole nitrogens is 1. The zero-order valence-electron chi connectivity index (χ0n) is 13.5. The zero-order chi connectivity index (χ0) is 18.1. The molecule has 0 radical (unpaired) electrons. The predicted molar refractivity (Wildman–Crippen MR) is 85.7 cm³/mol. The molecule has 1 aromatic heterocycles. The van der Waals surface area contributed by atoms with E-state index in [9.17, 15) is 14.4 Å². The average Bonchev–Trinajstić information content (AvgIpc) is 3.03. The Morgan fingerprint density at radius 1 is 1.33 bits per heavy atom. The van der Waals surface area contributed by atoms with Crippen molar-refractivity contribution in [1.82, 2.24) is 20.6 Å². The second kappa shape index (κ2) is 9.63. The summed E-state index contributed by atoms with van der Waals surface area (Å²) in [4.78, 5) is 41.8. The number of imidazole rings is 1. The van der Waals surface area contributed by atoms with Crippen molar-refractivity contribution in [3.63, 3.8) is 0 Å². The molecule has 0 saturated carbocycles. The molecule has 0 unspecified atom stereocenters. The minimum absolute atomic E-state index is 0.219. The highest BCUT2D eigenvalue weighted by Crippen LogP contribution is 1.99. The number of carboxylic acid groups (broad SMARTS) is 1. The van der Waals surface area contributed by atoms with Gasteiger partial charge in [0.15, 0.2) is 0 Å². The molecule has 1 heterocycles. The van der Waals surface area contributed by atoms with Gasteiger partial charge in [-0.2, -0.15) is 0 Å². The second-order valence-corrected chi connectivity index (χ2v) is 5.43. The molecule has 0 aliphatic heterocycles. The summed E-state index contributed by atoms with van der Waals surface area (Å²) in [7, 11) is 0. The van der Waals surface area contributed by atoms with E-state index in [0.29, 0.717) is 18.7 Å². The summed E-state index contributed by atoms with van der Waals surface area (Å²) in [5.41, 5.74) is 11.7. The lowest BCUT2D eigenvalue weighted by atomic mass is 10.1. The number of carboxylic acids is 1. The van der Waals surface area contributed by atoms with Crippen LogP contribution in [0.1, 0.15) is 25.5 Å². The van der Waals surface area contributed by atoms with Gasteiger partial charge in [0.05, 0.1) is 18.1 Å².